The summed E-state index contributed by atoms with van der Waals surface area (Å²) < 4.78 is 56.0. The molecule has 2 amide bonds. The molecule has 0 bridgehead atoms. The molecule has 2 N–H and O–H groups in total. The van der Waals surface area contributed by atoms with Gasteiger partial charge in [-0.05, 0) is 29.8 Å². The summed E-state index contributed by atoms with van der Waals surface area (Å²) in [6.07, 6.45) is -2.85. The fourth-order valence-electron chi connectivity index (χ4n) is 3.92. The lowest BCUT2D eigenvalue weighted by Crippen LogP contribution is -2.55. The molecule has 0 radical (unpaired) electrons. The topological polar surface area (TPSA) is 85.9 Å². The standard InChI is InChI=1S/C22H17F3N2O5/c23-22(24,25)13-4-5-14-12(8-21(10-30-11-21)32-17(14)7-13)6-18(28)26-15-2-1-3-16-20(15)31-9-19(29)27-16/h1-7H,8-11H2,(H,26,28)(H,27,29). The Bertz CT molecular complexity index is 1150. The van der Waals surface area contributed by atoms with Gasteiger partial charge >= 0.3 is 6.18 Å². The summed E-state index contributed by atoms with van der Waals surface area (Å²) >= 11 is 0. The molecule has 2 aromatic rings. The molecule has 0 atom stereocenters. The van der Waals surface area contributed by atoms with Crippen LogP contribution in [0.15, 0.2) is 42.5 Å². The van der Waals surface area contributed by atoms with Crippen LogP contribution in [0.5, 0.6) is 11.5 Å². The van der Waals surface area contributed by atoms with Crippen molar-refractivity contribution in [2.24, 2.45) is 0 Å². The van der Waals surface area contributed by atoms with Crippen LogP contribution >= 0.6 is 0 Å². The monoisotopic (exact) mass is 446 g/mol. The number of ether oxygens (including phenoxy) is 3. The van der Waals surface area contributed by atoms with Gasteiger partial charge in [0.05, 0.1) is 30.2 Å². The van der Waals surface area contributed by atoms with Crippen molar-refractivity contribution in [3.63, 3.8) is 0 Å². The highest BCUT2D eigenvalue weighted by Crippen LogP contribution is 2.45. The molecule has 0 saturated carbocycles. The number of alkyl halides is 3. The summed E-state index contributed by atoms with van der Waals surface area (Å²) in [5.41, 5.74) is 0.151. The largest absolute Gasteiger partial charge is 0.481 e. The van der Waals surface area contributed by atoms with E-state index in [4.69, 9.17) is 14.2 Å². The van der Waals surface area contributed by atoms with Crippen LogP contribution in [0.4, 0.5) is 24.5 Å². The number of benzene rings is 2. The maximum Gasteiger partial charge on any atom is 0.416 e. The fourth-order valence-corrected chi connectivity index (χ4v) is 3.92. The van der Waals surface area contributed by atoms with Crippen molar-refractivity contribution in [3.8, 4) is 11.5 Å². The number of para-hydroxylation sites is 1. The predicted octanol–water partition coefficient (Wildman–Crippen LogP) is 3.61. The lowest BCUT2D eigenvalue weighted by Gasteiger charge is -2.45. The molecule has 1 saturated heterocycles. The van der Waals surface area contributed by atoms with Crippen LogP contribution in [0.25, 0.3) is 5.57 Å². The van der Waals surface area contributed by atoms with E-state index in [9.17, 15) is 22.8 Å². The van der Waals surface area contributed by atoms with Gasteiger partial charge in [0, 0.05) is 18.1 Å². The summed E-state index contributed by atoms with van der Waals surface area (Å²) in [7, 11) is 0. The minimum atomic E-state index is -4.51. The molecule has 5 rings (SSSR count). The van der Waals surface area contributed by atoms with E-state index in [0.717, 1.165) is 12.1 Å². The van der Waals surface area contributed by atoms with Gasteiger partial charge in [0.15, 0.2) is 18.0 Å². The van der Waals surface area contributed by atoms with Gasteiger partial charge in [-0.2, -0.15) is 13.2 Å². The summed E-state index contributed by atoms with van der Waals surface area (Å²) in [6, 6.07) is 8.15. The van der Waals surface area contributed by atoms with Gasteiger partial charge in [-0.15, -0.1) is 0 Å². The molecule has 3 heterocycles. The number of hydrogen-bond acceptors (Lipinski definition) is 5. The Morgan fingerprint density at radius 1 is 1.19 bits per heavy atom. The van der Waals surface area contributed by atoms with Crippen molar-refractivity contribution in [2.75, 3.05) is 30.5 Å². The Labute approximate surface area is 180 Å². The molecule has 2 aromatic carbocycles. The van der Waals surface area contributed by atoms with E-state index >= 15 is 0 Å². The molecule has 10 heteroatoms. The first-order chi connectivity index (χ1) is 15.2. The molecule has 0 aliphatic carbocycles. The summed E-state index contributed by atoms with van der Waals surface area (Å²) in [5.74, 6) is -0.383. The lowest BCUT2D eigenvalue weighted by molar-refractivity contribution is -0.161. The summed E-state index contributed by atoms with van der Waals surface area (Å²) in [5, 5.41) is 5.38. The highest BCUT2D eigenvalue weighted by atomic mass is 19.4. The van der Waals surface area contributed by atoms with E-state index in [1.165, 1.54) is 12.1 Å². The first kappa shape index (κ1) is 20.4. The molecule has 0 unspecified atom stereocenters. The first-order valence-electron chi connectivity index (χ1n) is 9.78. The van der Waals surface area contributed by atoms with Crippen LogP contribution in [-0.4, -0.2) is 37.2 Å². The number of carbonyl (C=O) groups excluding carboxylic acids is 2. The van der Waals surface area contributed by atoms with Gasteiger partial charge in [0.2, 0.25) is 5.91 Å². The molecule has 32 heavy (non-hydrogen) atoms. The van der Waals surface area contributed by atoms with Crippen LogP contribution in [0.3, 0.4) is 0 Å². The average Bonchev–Trinajstić information content (AvgIpc) is 2.71. The minimum Gasteiger partial charge on any atom is -0.481 e. The van der Waals surface area contributed by atoms with Crippen LogP contribution in [0.1, 0.15) is 17.5 Å². The SMILES string of the molecule is O=C(C=C1CC2(COC2)Oc2cc(C(F)(F)F)ccc21)Nc1cccc2c1OCC(=O)N2. The second-order valence-electron chi connectivity index (χ2n) is 7.84. The van der Waals surface area contributed by atoms with Crippen LogP contribution in [-0.2, 0) is 20.5 Å². The molecular formula is C22H17F3N2O5. The van der Waals surface area contributed by atoms with Crippen molar-refractivity contribution in [1.29, 1.82) is 0 Å². The Kier molecular flexibility index (Phi) is 4.63. The van der Waals surface area contributed by atoms with Crippen molar-refractivity contribution in [1.82, 2.24) is 0 Å². The van der Waals surface area contributed by atoms with Crippen LogP contribution in [0.2, 0.25) is 0 Å². The molecule has 3 aliphatic heterocycles. The van der Waals surface area contributed by atoms with E-state index in [-0.39, 0.29) is 31.5 Å². The number of nitrogens with one attached hydrogen (secondary N) is 2. The number of fused-ring (bicyclic) bond motifs is 2. The highest BCUT2D eigenvalue weighted by Gasteiger charge is 2.46. The number of carbonyl (C=O) groups is 2. The molecule has 7 nitrogen and oxygen atoms in total. The van der Waals surface area contributed by atoms with E-state index in [2.05, 4.69) is 10.6 Å². The number of amides is 2. The van der Waals surface area contributed by atoms with Gasteiger partial charge in [-0.25, -0.2) is 0 Å². The first-order valence-corrected chi connectivity index (χ1v) is 9.78. The molecule has 3 aliphatic rings. The molecule has 166 valence electrons. The molecule has 0 aromatic heterocycles. The van der Waals surface area contributed by atoms with Crippen LogP contribution < -0.4 is 20.1 Å². The third-order valence-electron chi connectivity index (χ3n) is 5.42. The number of hydrogen-bond donors (Lipinski definition) is 2. The van der Waals surface area contributed by atoms with Crippen molar-refractivity contribution < 1.29 is 37.0 Å². The summed E-state index contributed by atoms with van der Waals surface area (Å²) in [4.78, 5) is 24.3. The maximum atomic E-state index is 13.2. The summed E-state index contributed by atoms with van der Waals surface area (Å²) in [6.45, 7) is 0.276. The predicted molar refractivity (Wildman–Crippen MR) is 107 cm³/mol. The zero-order valence-electron chi connectivity index (χ0n) is 16.5. The smallest absolute Gasteiger partial charge is 0.416 e. The Morgan fingerprint density at radius 2 is 2.00 bits per heavy atom. The normalized spacial score (nSPS) is 19.7. The fraction of sp³-hybridized carbons (Fsp3) is 0.273. The third-order valence-corrected chi connectivity index (χ3v) is 5.42. The molecule has 1 spiro atoms. The van der Waals surface area contributed by atoms with E-state index in [0.29, 0.717) is 34.7 Å². The minimum absolute atomic E-state index is 0.0663. The zero-order chi connectivity index (χ0) is 22.5. The Balaban J connectivity index is 1.46. The maximum absolute atomic E-state index is 13.2. The van der Waals surface area contributed by atoms with E-state index < -0.39 is 23.2 Å². The second kappa shape index (κ2) is 7.27. The number of rotatable bonds is 2. The zero-order valence-corrected chi connectivity index (χ0v) is 16.5. The quantitative estimate of drug-likeness (QED) is 0.689. The van der Waals surface area contributed by atoms with Gasteiger partial charge in [-0.3, -0.25) is 9.59 Å². The highest BCUT2D eigenvalue weighted by molar-refractivity contribution is 6.07. The second-order valence-corrected chi connectivity index (χ2v) is 7.84. The van der Waals surface area contributed by atoms with Gasteiger partial charge < -0.3 is 24.8 Å². The van der Waals surface area contributed by atoms with Gasteiger partial charge in [0.25, 0.3) is 5.91 Å². The molecular weight excluding hydrogens is 429 g/mol. The lowest BCUT2D eigenvalue weighted by atomic mass is 9.85. The molecule has 1 fully saturated rings. The van der Waals surface area contributed by atoms with E-state index in [1.54, 1.807) is 18.2 Å². The number of halogens is 3. The number of anilines is 2. The van der Waals surface area contributed by atoms with E-state index in [1.807, 2.05) is 0 Å². The Hall–Kier alpha value is -3.53. The third kappa shape index (κ3) is 3.66. The van der Waals surface area contributed by atoms with Gasteiger partial charge in [-0.1, -0.05) is 12.1 Å². The van der Waals surface area contributed by atoms with Crippen LogP contribution in [0, 0.1) is 0 Å². The van der Waals surface area contributed by atoms with Crippen molar-refractivity contribution in [2.45, 2.75) is 18.2 Å². The van der Waals surface area contributed by atoms with Crippen molar-refractivity contribution >= 4 is 28.8 Å². The van der Waals surface area contributed by atoms with Gasteiger partial charge in [0.1, 0.15) is 5.75 Å². The average molecular weight is 446 g/mol. The Morgan fingerprint density at radius 3 is 2.72 bits per heavy atom. The van der Waals surface area contributed by atoms with Crippen molar-refractivity contribution in [3.05, 3.63) is 53.6 Å².